The van der Waals surface area contributed by atoms with Crippen LogP contribution in [-0.2, 0) is 0 Å². The molecule has 0 unspecified atom stereocenters. The molecule has 3 nitrogen and oxygen atoms in total. The van der Waals surface area contributed by atoms with E-state index in [9.17, 15) is 13.2 Å². The monoisotopic (exact) mass is 279 g/mol. The van der Waals surface area contributed by atoms with Gasteiger partial charge in [-0.3, -0.25) is 0 Å². The lowest BCUT2D eigenvalue weighted by molar-refractivity contribution is 0.591. The van der Waals surface area contributed by atoms with E-state index in [0.717, 1.165) is 18.2 Å². The highest BCUT2D eigenvalue weighted by Crippen LogP contribution is 2.27. The minimum absolute atomic E-state index is 0.107. The molecule has 104 valence electrons. The molecule has 0 saturated heterocycles. The molecule has 2 rings (SSSR count). The normalized spacial score (nSPS) is 13.0. The predicted octanol–water partition coefficient (Wildman–Crippen LogP) is 3.65. The first-order chi connectivity index (χ1) is 9.43. The Hall–Kier alpha value is -2.50. The van der Waals surface area contributed by atoms with Gasteiger partial charge in [-0.25, -0.2) is 18.2 Å². The summed E-state index contributed by atoms with van der Waals surface area (Å²) in [6.07, 6.45) is 2.57. The molecule has 6 heteroatoms. The van der Waals surface area contributed by atoms with Crippen LogP contribution < -0.4 is 5.73 Å². The molecule has 1 aromatic heterocycles. The maximum absolute atomic E-state index is 13.5. The summed E-state index contributed by atoms with van der Waals surface area (Å²) in [6, 6.07) is 1.91. The molecule has 3 N–H and O–H groups in total. The van der Waals surface area contributed by atoms with Crippen LogP contribution in [0.1, 0.15) is 12.5 Å². The number of hydrogen-bond donors (Lipinski definition) is 2. The van der Waals surface area contributed by atoms with Crippen LogP contribution in [0.15, 0.2) is 41.8 Å². The van der Waals surface area contributed by atoms with E-state index in [2.05, 4.69) is 16.6 Å². The summed E-state index contributed by atoms with van der Waals surface area (Å²) in [7, 11) is 0. The van der Waals surface area contributed by atoms with Crippen molar-refractivity contribution in [3.05, 3.63) is 54.0 Å². The van der Waals surface area contributed by atoms with Gasteiger partial charge in [-0.2, -0.15) is 0 Å². The number of H-pyrrole nitrogens is 1. The van der Waals surface area contributed by atoms with Crippen molar-refractivity contribution in [2.24, 2.45) is 10.7 Å². The molecule has 2 aromatic rings. The highest BCUT2D eigenvalue weighted by Gasteiger charge is 2.12. The Balaban J connectivity index is 2.51. The van der Waals surface area contributed by atoms with Crippen LogP contribution in [0, 0.1) is 11.6 Å². The molecular weight excluding hydrogens is 267 g/mol. The zero-order chi connectivity index (χ0) is 14.9. The third kappa shape index (κ3) is 2.45. The van der Waals surface area contributed by atoms with Crippen LogP contribution >= 0.6 is 0 Å². The van der Waals surface area contributed by atoms with Crippen molar-refractivity contribution < 1.29 is 13.2 Å². The lowest BCUT2D eigenvalue weighted by Crippen LogP contribution is -2.12. The van der Waals surface area contributed by atoms with E-state index in [4.69, 9.17) is 5.73 Å². The fourth-order valence-corrected chi connectivity index (χ4v) is 1.80. The number of nitrogens with one attached hydrogen (secondary N) is 1. The van der Waals surface area contributed by atoms with Gasteiger partial charge in [-0.1, -0.05) is 6.58 Å². The lowest BCUT2D eigenvalue weighted by atomic mass is 10.1. The predicted molar refractivity (Wildman–Crippen MR) is 73.7 cm³/mol. The Bertz CT molecular complexity index is 741. The standard InChI is InChI=1S/C14H12F3N3/c1-3-11(16)14(18)20-7(2)10-6-19-13-9(10)4-8(15)5-12(13)17/h3-6,19H,2H2,1H3,(H2,18,20)/b11-3+. The van der Waals surface area contributed by atoms with E-state index in [1.54, 1.807) is 0 Å². The van der Waals surface area contributed by atoms with Gasteiger partial charge in [0.1, 0.15) is 11.6 Å². The number of aromatic nitrogens is 1. The molecule has 0 spiro atoms. The number of nitrogens with two attached hydrogens (primary N) is 1. The first kappa shape index (κ1) is 13.9. The molecule has 0 aliphatic carbocycles. The van der Waals surface area contributed by atoms with Gasteiger partial charge in [-0.05, 0) is 19.1 Å². The summed E-state index contributed by atoms with van der Waals surface area (Å²) < 4.78 is 40.0. The number of aromatic amines is 1. The summed E-state index contributed by atoms with van der Waals surface area (Å²) in [5.74, 6) is -2.48. The molecule has 0 aliphatic heterocycles. The second-order valence-electron chi connectivity index (χ2n) is 4.09. The summed E-state index contributed by atoms with van der Waals surface area (Å²) in [4.78, 5) is 6.45. The van der Waals surface area contributed by atoms with E-state index in [-0.39, 0.29) is 22.4 Å². The number of benzene rings is 1. The fourth-order valence-electron chi connectivity index (χ4n) is 1.80. The summed E-state index contributed by atoms with van der Waals surface area (Å²) in [5.41, 5.74) is 6.01. The van der Waals surface area contributed by atoms with Gasteiger partial charge >= 0.3 is 0 Å². The van der Waals surface area contributed by atoms with Crippen molar-refractivity contribution in [2.45, 2.75) is 6.92 Å². The number of nitrogens with zero attached hydrogens (tertiary/aromatic N) is 1. The minimum atomic E-state index is -0.726. The summed E-state index contributed by atoms with van der Waals surface area (Å²) in [5, 5.41) is 0.268. The van der Waals surface area contributed by atoms with Crippen LogP contribution in [-0.4, -0.2) is 10.8 Å². The topological polar surface area (TPSA) is 54.2 Å². The number of allylic oxidation sites excluding steroid dienone is 1. The second kappa shape index (κ2) is 5.24. The second-order valence-corrected chi connectivity index (χ2v) is 4.09. The average Bonchev–Trinajstić information content (AvgIpc) is 2.81. The number of hydrogen-bond acceptors (Lipinski definition) is 1. The van der Waals surface area contributed by atoms with Crippen molar-refractivity contribution in [1.82, 2.24) is 4.98 Å². The first-order valence-corrected chi connectivity index (χ1v) is 5.75. The Morgan fingerprint density at radius 1 is 1.40 bits per heavy atom. The van der Waals surface area contributed by atoms with Gasteiger partial charge in [0, 0.05) is 23.2 Å². The quantitative estimate of drug-likeness (QED) is 0.654. The third-order valence-electron chi connectivity index (χ3n) is 2.77. The Morgan fingerprint density at radius 2 is 2.10 bits per heavy atom. The molecule has 1 aromatic carbocycles. The Kier molecular flexibility index (Phi) is 3.65. The number of halogens is 3. The SMILES string of the molecule is C=C(/N=C(N)\C(F)=C/C)c1c[nH]c2c(F)cc(F)cc12. The summed E-state index contributed by atoms with van der Waals surface area (Å²) >= 11 is 0. The summed E-state index contributed by atoms with van der Waals surface area (Å²) in [6.45, 7) is 5.11. The third-order valence-corrected chi connectivity index (χ3v) is 2.77. The van der Waals surface area contributed by atoms with Crippen LogP contribution in [0.2, 0.25) is 0 Å². The van der Waals surface area contributed by atoms with Crippen LogP contribution in [0.5, 0.6) is 0 Å². The van der Waals surface area contributed by atoms with Gasteiger partial charge in [-0.15, -0.1) is 0 Å². The molecule has 0 bridgehead atoms. The van der Waals surface area contributed by atoms with Crippen molar-refractivity contribution in [2.75, 3.05) is 0 Å². The smallest absolute Gasteiger partial charge is 0.160 e. The molecule has 0 fully saturated rings. The maximum atomic E-state index is 13.5. The largest absolute Gasteiger partial charge is 0.381 e. The van der Waals surface area contributed by atoms with Crippen LogP contribution in [0.4, 0.5) is 13.2 Å². The van der Waals surface area contributed by atoms with Gasteiger partial charge in [0.15, 0.2) is 11.7 Å². The van der Waals surface area contributed by atoms with Crippen LogP contribution in [0.3, 0.4) is 0 Å². The van der Waals surface area contributed by atoms with Gasteiger partial charge in [0.2, 0.25) is 0 Å². The zero-order valence-corrected chi connectivity index (χ0v) is 10.7. The molecular formula is C14H12F3N3. The van der Waals surface area contributed by atoms with Crippen molar-refractivity contribution >= 4 is 22.4 Å². The molecule has 1 heterocycles. The Morgan fingerprint density at radius 3 is 2.75 bits per heavy atom. The van der Waals surface area contributed by atoms with Crippen molar-refractivity contribution in [3.63, 3.8) is 0 Å². The average molecular weight is 279 g/mol. The lowest BCUT2D eigenvalue weighted by Gasteiger charge is -2.01. The zero-order valence-electron chi connectivity index (χ0n) is 10.7. The highest BCUT2D eigenvalue weighted by atomic mass is 19.1. The number of amidine groups is 1. The number of fused-ring (bicyclic) bond motifs is 1. The van der Waals surface area contributed by atoms with E-state index < -0.39 is 17.5 Å². The fraction of sp³-hybridized carbons (Fsp3) is 0.0714. The molecule has 20 heavy (non-hydrogen) atoms. The van der Waals surface area contributed by atoms with Gasteiger partial charge in [0.25, 0.3) is 0 Å². The molecule has 0 aliphatic rings. The first-order valence-electron chi connectivity index (χ1n) is 5.75. The van der Waals surface area contributed by atoms with E-state index in [1.807, 2.05) is 0 Å². The van der Waals surface area contributed by atoms with E-state index >= 15 is 0 Å². The van der Waals surface area contributed by atoms with E-state index in [1.165, 1.54) is 13.1 Å². The highest BCUT2D eigenvalue weighted by molar-refractivity contribution is 6.00. The van der Waals surface area contributed by atoms with Crippen LogP contribution in [0.25, 0.3) is 16.6 Å². The maximum Gasteiger partial charge on any atom is 0.160 e. The molecule has 0 atom stereocenters. The minimum Gasteiger partial charge on any atom is -0.381 e. The molecule has 0 amide bonds. The van der Waals surface area contributed by atoms with Crippen molar-refractivity contribution in [1.29, 1.82) is 0 Å². The molecule has 0 radical (unpaired) electrons. The van der Waals surface area contributed by atoms with Crippen molar-refractivity contribution in [3.8, 4) is 0 Å². The van der Waals surface area contributed by atoms with Gasteiger partial charge < -0.3 is 10.7 Å². The number of aliphatic imine (C=N–C) groups is 1. The Labute approximate surface area is 113 Å². The number of rotatable bonds is 3. The van der Waals surface area contributed by atoms with E-state index in [0.29, 0.717) is 5.56 Å². The van der Waals surface area contributed by atoms with Gasteiger partial charge in [0.05, 0.1) is 11.2 Å². The molecule has 0 saturated carbocycles.